The van der Waals surface area contributed by atoms with Crippen molar-refractivity contribution in [2.24, 2.45) is 0 Å². The summed E-state index contributed by atoms with van der Waals surface area (Å²) in [6.45, 7) is 1.76. The first kappa shape index (κ1) is 11.9. The molecule has 0 atom stereocenters. The van der Waals surface area contributed by atoms with Crippen LogP contribution in [-0.4, -0.2) is 6.79 Å². The van der Waals surface area contributed by atoms with Crippen LogP contribution in [0.5, 0.6) is 11.5 Å². The van der Waals surface area contributed by atoms with E-state index in [1.54, 1.807) is 0 Å². The molecular weight excluding hydrogens is 240 g/mol. The van der Waals surface area contributed by atoms with E-state index in [2.05, 4.69) is 5.32 Å². The summed E-state index contributed by atoms with van der Waals surface area (Å²) >= 11 is 0. The Balaban J connectivity index is 1.65. The fourth-order valence-corrected chi connectivity index (χ4v) is 2.16. The van der Waals surface area contributed by atoms with Crippen LogP contribution in [0, 0.1) is 0 Å². The number of anilines is 1. The van der Waals surface area contributed by atoms with Crippen LogP contribution in [0.15, 0.2) is 42.5 Å². The average Bonchev–Trinajstić information content (AvgIpc) is 2.90. The Morgan fingerprint density at radius 1 is 0.947 bits per heavy atom. The molecule has 19 heavy (non-hydrogen) atoms. The lowest BCUT2D eigenvalue weighted by molar-refractivity contribution is 0.173. The Hall–Kier alpha value is -2.20. The van der Waals surface area contributed by atoms with Gasteiger partial charge in [-0.15, -0.1) is 0 Å². The van der Waals surface area contributed by atoms with E-state index in [0.717, 1.165) is 41.4 Å². The highest BCUT2D eigenvalue weighted by atomic mass is 16.7. The van der Waals surface area contributed by atoms with E-state index in [0.29, 0.717) is 6.79 Å². The van der Waals surface area contributed by atoms with E-state index in [9.17, 15) is 0 Å². The minimum Gasteiger partial charge on any atom is -0.454 e. The van der Waals surface area contributed by atoms with Gasteiger partial charge in [-0.25, -0.2) is 0 Å². The quantitative estimate of drug-likeness (QED) is 0.824. The van der Waals surface area contributed by atoms with Gasteiger partial charge in [0.15, 0.2) is 11.5 Å². The molecule has 0 amide bonds. The van der Waals surface area contributed by atoms with Crippen LogP contribution in [0.25, 0.3) is 0 Å². The predicted molar refractivity (Wildman–Crippen MR) is 74.0 cm³/mol. The Bertz CT molecular complexity index is 584. The first-order valence-corrected chi connectivity index (χ1v) is 6.26. The van der Waals surface area contributed by atoms with Crippen molar-refractivity contribution >= 4 is 5.69 Å². The molecular formula is C15H16N2O2. The largest absolute Gasteiger partial charge is 0.454 e. The summed E-state index contributed by atoms with van der Waals surface area (Å²) in [7, 11) is 0. The molecule has 4 nitrogen and oxygen atoms in total. The number of para-hydroxylation sites is 2. The Labute approximate surface area is 112 Å². The van der Waals surface area contributed by atoms with Crippen LogP contribution in [0.4, 0.5) is 5.69 Å². The second-order valence-electron chi connectivity index (χ2n) is 4.45. The molecule has 0 unspecified atom stereocenters. The average molecular weight is 256 g/mol. The van der Waals surface area contributed by atoms with Gasteiger partial charge in [0, 0.05) is 24.3 Å². The standard InChI is InChI=1S/C15H16N2O2/c16-13-6-2-1-4-11(13)8-17-9-12-5-3-7-14-15(12)19-10-18-14/h1-7,17H,8-10,16H2. The molecule has 0 bridgehead atoms. The van der Waals surface area contributed by atoms with Crippen molar-refractivity contribution < 1.29 is 9.47 Å². The third-order valence-corrected chi connectivity index (χ3v) is 3.16. The normalized spacial score (nSPS) is 12.6. The van der Waals surface area contributed by atoms with Crippen molar-refractivity contribution in [3.8, 4) is 11.5 Å². The topological polar surface area (TPSA) is 56.5 Å². The monoisotopic (exact) mass is 256 g/mol. The lowest BCUT2D eigenvalue weighted by atomic mass is 10.1. The molecule has 0 saturated heterocycles. The summed E-state index contributed by atoms with van der Waals surface area (Å²) in [5.41, 5.74) is 8.92. The van der Waals surface area contributed by atoms with Crippen LogP contribution < -0.4 is 20.5 Å². The molecule has 2 aromatic carbocycles. The first-order chi connectivity index (χ1) is 9.34. The summed E-state index contributed by atoms with van der Waals surface area (Å²) in [6, 6.07) is 13.8. The molecule has 0 spiro atoms. The molecule has 0 saturated carbocycles. The molecule has 2 aromatic rings. The number of nitrogen functional groups attached to an aromatic ring is 1. The maximum Gasteiger partial charge on any atom is 0.231 e. The highest BCUT2D eigenvalue weighted by molar-refractivity contribution is 5.48. The summed E-state index contributed by atoms with van der Waals surface area (Å²) in [5.74, 6) is 1.66. The van der Waals surface area contributed by atoms with Gasteiger partial charge < -0.3 is 20.5 Å². The van der Waals surface area contributed by atoms with Gasteiger partial charge in [-0.2, -0.15) is 0 Å². The van der Waals surface area contributed by atoms with Gasteiger partial charge in [0.05, 0.1) is 0 Å². The van der Waals surface area contributed by atoms with Gasteiger partial charge in [-0.3, -0.25) is 0 Å². The molecule has 3 rings (SSSR count). The van der Waals surface area contributed by atoms with E-state index in [1.807, 2.05) is 42.5 Å². The number of nitrogens with one attached hydrogen (secondary N) is 1. The number of hydrogen-bond acceptors (Lipinski definition) is 4. The van der Waals surface area contributed by atoms with E-state index in [4.69, 9.17) is 15.2 Å². The smallest absolute Gasteiger partial charge is 0.231 e. The summed E-state index contributed by atoms with van der Waals surface area (Å²) in [6.07, 6.45) is 0. The molecule has 0 aromatic heterocycles. The number of benzene rings is 2. The van der Waals surface area contributed by atoms with Gasteiger partial charge >= 0.3 is 0 Å². The second kappa shape index (κ2) is 5.20. The van der Waals surface area contributed by atoms with Crippen molar-refractivity contribution in [1.82, 2.24) is 5.32 Å². The van der Waals surface area contributed by atoms with Gasteiger partial charge in [-0.05, 0) is 17.7 Å². The fourth-order valence-electron chi connectivity index (χ4n) is 2.16. The van der Waals surface area contributed by atoms with Crippen LogP contribution in [0.1, 0.15) is 11.1 Å². The van der Waals surface area contributed by atoms with Crippen LogP contribution in [-0.2, 0) is 13.1 Å². The number of rotatable bonds is 4. The lowest BCUT2D eigenvalue weighted by Gasteiger charge is -2.09. The van der Waals surface area contributed by atoms with Crippen molar-refractivity contribution in [2.75, 3.05) is 12.5 Å². The van der Waals surface area contributed by atoms with Crippen LogP contribution in [0.2, 0.25) is 0 Å². The lowest BCUT2D eigenvalue weighted by Crippen LogP contribution is -2.14. The third kappa shape index (κ3) is 2.48. The third-order valence-electron chi connectivity index (χ3n) is 3.16. The van der Waals surface area contributed by atoms with Crippen LogP contribution >= 0.6 is 0 Å². The molecule has 1 aliphatic heterocycles. The zero-order valence-corrected chi connectivity index (χ0v) is 10.6. The van der Waals surface area contributed by atoms with Gasteiger partial charge in [0.25, 0.3) is 0 Å². The molecule has 1 aliphatic rings. The molecule has 3 N–H and O–H groups in total. The Kier molecular flexibility index (Phi) is 3.25. The minimum absolute atomic E-state index is 0.304. The van der Waals surface area contributed by atoms with Gasteiger partial charge in [-0.1, -0.05) is 30.3 Å². The van der Waals surface area contributed by atoms with E-state index >= 15 is 0 Å². The van der Waals surface area contributed by atoms with Gasteiger partial charge in [0.2, 0.25) is 6.79 Å². The predicted octanol–water partition coefficient (Wildman–Crippen LogP) is 2.29. The Morgan fingerprint density at radius 3 is 2.63 bits per heavy atom. The molecule has 4 heteroatoms. The molecule has 0 radical (unpaired) electrons. The first-order valence-electron chi connectivity index (χ1n) is 6.26. The summed E-state index contributed by atoms with van der Waals surface area (Å²) in [4.78, 5) is 0. The summed E-state index contributed by atoms with van der Waals surface area (Å²) < 4.78 is 10.8. The maximum absolute atomic E-state index is 5.91. The van der Waals surface area contributed by atoms with Crippen molar-refractivity contribution in [3.05, 3.63) is 53.6 Å². The Morgan fingerprint density at radius 2 is 1.74 bits per heavy atom. The molecule has 0 aliphatic carbocycles. The van der Waals surface area contributed by atoms with Crippen molar-refractivity contribution in [1.29, 1.82) is 0 Å². The second-order valence-corrected chi connectivity index (χ2v) is 4.45. The number of ether oxygens (including phenoxy) is 2. The van der Waals surface area contributed by atoms with Gasteiger partial charge in [0.1, 0.15) is 0 Å². The van der Waals surface area contributed by atoms with E-state index in [-0.39, 0.29) is 0 Å². The minimum atomic E-state index is 0.304. The van der Waals surface area contributed by atoms with Crippen LogP contribution in [0.3, 0.4) is 0 Å². The molecule has 98 valence electrons. The number of fused-ring (bicyclic) bond motifs is 1. The maximum atomic E-state index is 5.91. The fraction of sp³-hybridized carbons (Fsp3) is 0.200. The zero-order chi connectivity index (χ0) is 13.1. The SMILES string of the molecule is Nc1ccccc1CNCc1cccc2c1OCO2. The summed E-state index contributed by atoms with van der Waals surface area (Å²) in [5, 5.41) is 3.37. The number of hydrogen-bond donors (Lipinski definition) is 2. The number of nitrogens with two attached hydrogens (primary N) is 1. The van der Waals surface area contributed by atoms with Crippen molar-refractivity contribution in [3.63, 3.8) is 0 Å². The zero-order valence-electron chi connectivity index (χ0n) is 10.6. The molecule has 0 fully saturated rings. The van der Waals surface area contributed by atoms with Crippen molar-refractivity contribution in [2.45, 2.75) is 13.1 Å². The van der Waals surface area contributed by atoms with E-state index in [1.165, 1.54) is 0 Å². The molecule has 1 heterocycles. The highest BCUT2D eigenvalue weighted by Crippen LogP contribution is 2.35. The van der Waals surface area contributed by atoms with E-state index < -0.39 is 0 Å². The highest BCUT2D eigenvalue weighted by Gasteiger charge is 2.16.